The molecule has 104 valence electrons. The van der Waals surface area contributed by atoms with Gasteiger partial charge in [0.05, 0.1) is 0 Å². The van der Waals surface area contributed by atoms with Crippen LogP contribution in [0.2, 0.25) is 0 Å². The fraction of sp³-hybridized carbons (Fsp3) is 0.368. The standard InChI is InChI=1S/C19H23N/c1-3-7-16(8-4-1)11-12-18-13-14-19(20-18)15-17-9-5-2-6-10-17/h1-10,18-20H,11-15H2. The van der Waals surface area contributed by atoms with E-state index in [1.165, 1.54) is 43.2 Å². The van der Waals surface area contributed by atoms with E-state index >= 15 is 0 Å². The molecule has 2 atom stereocenters. The summed E-state index contributed by atoms with van der Waals surface area (Å²) in [5.74, 6) is 0. The van der Waals surface area contributed by atoms with Crippen molar-refractivity contribution in [3.8, 4) is 0 Å². The Bertz CT molecular complexity index is 506. The molecule has 1 heteroatoms. The van der Waals surface area contributed by atoms with Crippen LogP contribution in [0.5, 0.6) is 0 Å². The van der Waals surface area contributed by atoms with E-state index in [0.29, 0.717) is 12.1 Å². The van der Waals surface area contributed by atoms with Crippen LogP contribution in [0.1, 0.15) is 30.4 Å². The van der Waals surface area contributed by atoms with Crippen LogP contribution in [-0.4, -0.2) is 12.1 Å². The van der Waals surface area contributed by atoms with Gasteiger partial charge in [-0.25, -0.2) is 0 Å². The molecule has 0 saturated carbocycles. The molecule has 1 aliphatic rings. The van der Waals surface area contributed by atoms with E-state index in [1.54, 1.807) is 0 Å². The van der Waals surface area contributed by atoms with E-state index in [2.05, 4.69) is 66.0 Å². The van der Waals surface area contributed by atoms with Crippen molar-refractivity contribution in [2.75, 3.05) is 0 Å². The molecule has 2 aromatic carbocycles. The third kappa shape index (κ3) is 3.71. The molecule has 0 amide bonds. The van der Waals surface area contributed by atoms with Crippen LogP contribution in [0, 0.1) is 0 Å². The van der Waals surface area contributed by atoms with Gasteiger partial charge in [0.15, 0.2) is 0 Å². The molecular weight excluding hydrogens is 242 g/mol. The zero-order valence-electron chi connectivity index (χ0n) is 12.0. The van der Waals surface area contributed by atoms with Gasteiger partial charge in [-0.1, -0.05) is 60.7 Å². The summed E-state index contributed by atoms with van der Waals surface area (Å²) in [5, 5.41) is 3.81. The lowest BCUT2D eigenvalue weighted by atomic mass is 10.0. The van der Waals surface area contributed by atoms with Crippen LogP contribution >= 0.6 is 0 Å². The van der Waals surface area contributed by atoms with Crippen LogP contribution in [-0.2, 0) is 12.8 Å². The first-order valence-corrected chi connectivity index (χ1v) is 7.74. The number of rotatable bonds is 5. The number of benzene rings is 2. The van der Waals surface area contributed by atoms with Gasteiger partial charge in [-0.15, -0.1) is 0 Å². The normalized spacial score (nSPS) is 22.0. The molecule has 2 unspecified atom stereocenters. The van der Waals surface area contributed by atoms with Crippen LogP contribution in [0.15, 0.2) is 60.7 Å². The number of aryl methyl sites for hydroxylation is 1. The third-order valence-corrected chi connectivity index (χ3v) is 4.28. The molecule has 2 aromatic rings. The second-order valence-corrected chi connectivity index (χ2v) is 5.85. The van der Waals surface area contributed by atoms with Crippen molar-refractivity contribution in [3.63, 3.8) is 0 Å². The molecule has 20 heavy (non-hydrogen) atoms. The summed E-state index contributed by atoms with van der Waals surface area (Å²) in [4.78, 5) is 0. The Hall–Kier alpha value is -1.60. The van der Waals surface area contributed by atoms with Crippen molar-refractivity contribution >= 4 is 0 Å². The Morgan fingerprint density at radius 2 is 1.35 bits per heavy atom. The Balaban J connectivity index is 1.45. The molecule has 1 heterocycles. The minimum atomic E-state index is 0.665. The predicted octanol–water partition coefficient (Wildman–Crippen LogP) is 3.98. The second-order valence-electron chi connectivity index (χ2n) is 5.85. The highest BCUT2D eigenvalue weighted by Gasteiger charge is 2.23. The van der Waals surface area contributed by atoms with Gasteiger partial charge in [0.1, 0.15) is 0 Å². The first-order chi connectivity index (χ1) is 9.90. The summed E-state index contributed by atoms with van der Waals surface area (Å²) in [5.41, 5.74) is 2.91. The summed E-state index contributed by atoms with van der Waals surface area (Å²) >= 11 is 0. The number of nitrogens with one attached hydrogen (secondary N) is 1. The maximum absolute atomic E-state index is 3.81. The summed E-state index contributed by atoms with van der Waals surface area (Å²) in [7, 11) is 0. The third-order valence-electron chi connectivity index (χ3n) is 4.28. The topological polar surface area (TPSA) is 12.0 Å². The summed E-state index contributed by atoms with van der Waals surface area (Å²) in [6, 6.07) is 23.0. The first-order valence-electron chi connectivity index (χ1n) is 7.74. The SMILES string of the molecule is c1ccc(CCC2CCC(Cc3ccccc3)N2)cc1. The highest BCUT2D eigenvalue weighted by atomic mass is 15.0. The van der Waals surface area contributed by atoms with Gasteiger partial charge >= 0.3 is 0 Å². The highest BCUT2D eigenvalue weighted by molar-refractivity contribution is 5.17. The zero-order valence-corrected chi connectivity index (χ0v) is 12.0. The zero-order chi connectivity index (χ0) is 13.6. The maximum atomic E-state index is 3.81. The van der Waals surface area contributed by atoms with E-state index in [9.17, 15) is 0 Å². The minimum absolute atomic E-state index is 0.665. The lowest BCUT2D eigenvalue weighted by molar-refractivity contribution is 0.509. The molecule has 0 radical (unpaired) electrons. The van der Waals surface area contributed by atoms with Crippen molar-refractivity contribution in [2.45, 2.75) is 44.2 Å². The molecule has 1 fully saturated rings. The molecule has 1 nitrogen and oxygen atoms in total. The van der Waals surface area contributed by atoms with Crippen molar-refractivity contribution in [1.29, 1.82) is 0 Å². The molecule has 3 rings (SSSR count). The molecule has 1 saturated heterocycles. The molecule has 1 aliphatic heterocycles. The molecule has 1 N–H and O–H groups in total. The van der Waals surface area contributed by atoms with Gasteiger partial charge in [-0.05, 0) is 43.2 Å². The van der Waals surface area contributed by atoms with Crippen LogP contribution in [0.3, 0.4) is 0 Å². The molecule has 0 bridgehead atoms. The molecule has 0 aliphatic carbocycles. The van der Waals surface area contributed by atoms with E-state index in [-0.39, 0.29) is 0 Å². The Morgan fingerprint density at radius 1 is 0.750 bits per heavy atom. The van der Waals surface area contributed by atoms with Gasteiger partial charge in [-0.3, -0.25) is 0 Å². The van der Waals surface area contributed by atoms with Crippen LogP contribution in [0.4, 0.5) is 0 Å². The summed E-state index contributed by atoms with van der Waals surface area (Å²) in [6.07, 6.45) is 6.26. The van der Waals surface area contributed by atoms with Gasteiger partial charge in [0.2, 0.25) is 0 Å². The van der Waals surface area contributed by atoms with E-state index in [0.717, 1.165) is 0 Å². The van der Waals surface area contributed by atoms with Gasteiger partial charge in [0, 0.05) is 12.1 Å². The smallest absolute Gasteiger partial charge is 0.0111 e. The first kappa shape index (κ1) is 13.4. The van der Waals surface area contributed by atoms with Crippen LogP contribution < -0.4 is 5.32 Å². The van der Waals surface area contributed by atoms with Crippen molar-refractivity contribution < 1.29 is 0 Å². The lowest BCUT2D eigenvalue weighted by Crippen LogP contribution is -2.31. The fourth-order valence-corrected chi connectivity index (χ4v) is 3.18. The number of hydrogen-bond donors (Lipinski definition) is 1. The highest BCUT2D eigenvalue weighted by Crippen LogP contribution is 2.20. The van der Waals surface area contributed by atoms with E-state index < -0.39 is 0 Å². The molecule has 0 aromatic heterocycles. The number of hydrogen-bond acceptors (Lipinski definition) is 1. The quantitative estimate of drug-likeness (QED) is 0.862. The van der Waals surface area contributed by atoms with Gasteiger partial charge in [-0.2, -0.15) is 0 Å². The minimum Gasteiger partial charge on any atom is -0.311 e. The summed E-state index contributed by atoms with van der Waals surface area (Å²) in [6.45, 7) is 0. The van der Waals surface area contributed by atoms with Crippen molar-refractivity contribution in [3.05, 3.63) is 71.8 Å². The molecule has 0 spiro atoms. The van der Waals surface area contributed by atoms with Crippen molar-refractivity contribution in [1.82, 2.24) is 5.32 Å². The Labute approximate surface area is 122 Å². The summed E-state index contributed by atoms with van der Waals surface area (Å²) < 4.78 is 0. The van der Waals surface area contributed by atoms with Crippen molar-refractivity contribution in [2.24, 2.45) is 0 Å². The second kappa shape index (κ2) is 6.71. The maximum Gasteiger partial charge on any atom is 0.0111 e. The van der Waals surface area contributed by atoms with Gasteiger partial charge in [0.25, 0.3) is 0 Å². The van der Waals surface area contributed by atoms with Crippen LogP contribution in [0.25, 0.3) is 0 Å². The molecular formula is C19H23N. The Morgan fingerprint density at radius 3 is 2.05 bits per heavy atom. The average molecular weight is 265 g/mol. The van der Waals surface area contributed by atoms with Gasteiger partial charge < -0.3 is 5.32 Å². The predicted molar refractivity (Wildman–Crippen MR) is 84.9 cm³/mol. The largest absolute Gasteiger partial charge is 0.311 e. The monoisotopic (exact) mass is 265 g/mol. The van der Waals surface area contributed by atoms with E-state index in [1.807, 2.05) is 0 Å². The fourth-order valence-electron chi connectivity index (χ4n) is 3.18. The van der Waals surface area contributed by atoms with E-state index in [4.69, 9.17) is 0 Å². The lowest BCUT2D eigenvalue weighted by Gasteiger charge is -2.14. The Kier molecular flexibility index (Phi) is 4.49. The average Bonchev–Trinajstić information content (AvgIpc) is 2.95.